The first kappa shape index (κ1) is 17.8. The molecule has 1 aromatic carbocycles. The maximum Gasteiger partial charge on any atom is 0.230 e. The van der Waals surface area contributed by atoms with Crippen molar-refractivity contribution in [3.63, 3.8) is 0 Å². The van der Waals surface area contributed by atoms with Gasteiger partial charge in [-0.15, -0.1) is 0 Å². The van der Waals surface area contributed by atoms with Crippen LogP contribution in [-0.2, 0) is 10.2 Å². The molecule has 2 rings (SSSR count). The van der Waals surface area contributed by atoms with Gasteiger partial charge in [0.05, 0.1) is 12.0 Å². The van der Waals surface area contributed by atoms with Gasteiger partial charge < -0.3 is 14.9 Å². The number of piperazine rings is 1. The second kappa shape index (κ2) is 6.52. The largest absolute Gasteiger partial charge is 0.395 e. The number of hydrogen-bond donors (Lipinski definition) is 1. The summed E-state index contributed by atoms with van der Waals surface area (Å²) in [5.74, 6) is 0.0451. The lowest BCUT2D eigenvalue weighted by molar-refractivity contribution is -0.142. The lowest BCUT2D eigenvalue weighted by atomic mass is 9.85. The van der Waals surface area contributed by atoms with Crippen LogP contribution in [0, 0.1) is 5.41 Å². The van der Waals surface area contributed by atoms with Gasteiger partial charge in [-0.2, -0.15) is 0 Å². The Morgan fingerprint density at radius 3 is 2.13 bits per heavy atom. The number of carbonyl (C=O) groups is 1. The van der Waals surface area contributed by atoms with Crippen LogP contribution in [0.2, 0.25) is 0 Å². The molecule has 4 nitrogen and oxygen atoms in total. The van der Waals surface area contributed by atoms with Crippen LogP contribution in [-0.4, -0.2) is 48.7 Å². The van der Waals surface area contributed by atoms with Gasteiger partial charge in [-0.25, -0.2) is 0 Å². The van der Waals surface area contributed by atoms with Crippen LogP contribution in [0.1, 0.15) is 40.2 Å². The minimum atomic E-state index is -0.689. The molecule has 0 saturated carbocycles. The Morgan fingerprint density at radius 2 is 1.61 bits per heavy atom. The van der Waals surface area contributed by atoms with Crippen LogP contribution in [0.25, 0.3) is 0 Å². The minimum absolute atomic E-state index is 0.0451. The maximum atomic E-state index is 12.5. The molecular weight excluding hydrogens is 288 g/mol. The average molecular weight is 318 g/mol. The first-order chi connectivity index (χ1) is 10.7. The number of benzene rings is 1. The van der Waals surface area contributed by atoms with Crippen molar-refractivity contribution in [1.29, 1.82) is 0 Å². The van der Waals surface area contributed by atoms with E-state index >= 15 is 0 Å². The Balaban J connectivity index is 2.10. The molecule has 0 atom stereocenters. The topological polar surface area (TPSA) is 43.8 Å². The van der Waals surface area contributed by atoms with Gasteiger partial charge in [0, 0.05) is 31.9 Å². The third-order valence-electron chi connectivity index (χ3n) is 4.59. The molecule has 1 heterocycles. The lowest BCUT2D eigenvalue weighted by Crippen LogP contribution is -2.53. The maximum absolute atomic E-state index is 12.5. The van der Waals surface area contributed by atoms with Gasteiger partial charge in [0.25, 0.3) is 0 Å². The number of nitrogens with zero attached hydrogens (tertiary/aromatic N) is 2. The summed E-state index contributed by atoms with van der Waals surface area (Å²) in [7, 11) is 0. The summed E-state index contributed by atoms with van der Waals surface area (Å²) < 4.78 is 0. The highest BCUT2D eigenvalue weighted by atomic mass is 16.3. The quantitative estimate of drug-likeness (QED) is 0.932. The summed E-state index contributed by atoms with van der Waals surface area (Å²) in [6, 6.07) is 8.54. The van der Waals surface area contributed by atoms with Crippen molar-refractivity contribution in [2.75, 3.05) is 37.7 Å². The van der Waals surface area contributed by atoms with Crippen molar-refractivity contribution in [2.45, 2.75) is 40.0 Å². The molecule has 1 saturated heterocycles. The fourth-order valence-corrected chi connectivity index (χ4v) is 3.03. The third kappa shape index (κ3) is 3.86. The first-order valence-electron chi connectivity index (χ1n) is 8.41. The molecule has 0 aliphatic carbocycles. The molecule has 1 aliphatic rings. The SMILES string of the molecule is CC(C)(CO)C(=O)N1CCN(c2ccccc2C(C)(C)C)CC1. The number of aliphatic hydroxyl groups excluding tert-OH is 1. The van der Waals surface area contributed by atoms with Crippen molar-refractivity contribution < 1.29 is 9.90 Å². The monoisotopic (exact) mass is 318 g/mol. The first-order valence-corrected chi connectivity index (χ1v) is 8.41. The Kier molecular flexibility index (Phi) is 5.04. The highest BCUT2D eigenvalue weighted by molar-refractivity contribution is 5.82. The van der Waals surface area contributed by atoms with Gasteiger partial charge in [0.1, 0.15) is 0 Å². The molecule has 0 unspecified atom stereocenters. The summed E-state index contributed by atoms with van der Waals surface area (Å²) in [4.78, 5) is 16.7. The summed E-state index contributed by atoms with van der Waals surface area (Å²) >= 11 is 0. The number of aliphatic hydroxyl groups is 1. The van der Waals surface area contributed by atoms with Crippen LogP contribution in [0.3, 0.4) is 0 Å². The molecule has 1 N–H and O–H groups in total. The highest BCUT2D eigenvalue weighted by Gasteiger charge is 2.33. The molecule has 128 valence electrons. The predicted octanol–water partition coefficient (Wildman–Crippen LogP) is 2.65. The van der Waals surface area contributed by atoms with Crippen LogP contribution >= 0.6 is 0 Å². The minimum Gasteiger partial charge on any atom is -0.395 e. The second-order valence-corrected chi connectivity index (χ2v) is 8.09. The van der Waals surface area contributed by atoms with Gasteiger partial charge in [-0.1, -0.05) is 39.0 Å². The fraction of sp³-hybridized carbons (Fsp3) is 0.632. The summed E-state index contributed by atoms with van der Waals surface area (Å²) in [6.07, 6.45) is 0. The summed E-state index contributed by atoms with van der Waals surface area (Å²) in [6.45, 7) is 13.3. The van der Waals surface area contributed by atoms with Gasteiger partial charge in [0.15, 0.2) is 0 Å². The number of carbonyl (C=O) groups excluding carboxylic acids is 1. The lowest BCUT2D eigenvalue weighted by Gasteiger charge is -2.40. The van der Waals surface area contributed by atoms with Gasteiger partial charge in [-0.05, 0) is 30.9 Å². The highest BCUT2D eigenvalue weighted by Crippen LogP contribution is 2.32. The molecule has 0 bridgehead atoms. The van der Waals surface area contributed by atoms with E-state index in [1.165, 1.54) is 11.3 Å². The number of hydrogen-bond acceptors (Lipinski definition) is 3. The van der Waals surface area contributed by atoms with Crippen molar-refractivity contribution in [3.8, 4) is 0 Å². The van der Waals surface area contributed by atoms with Gasteiger partial charge in [-0.3, -0.25) is 4.79 Å². The van der Waals surface area contributed by atoms with Crippen molar-refractivity contribution in [3.05, 3.63) is 29.8 Å². The molecule has 0 spiro atoms. The van der Waals surface area contributed by atoms with Crippen LogP contribution in [0.5, 0.6) is 0 Å². The zero-order valence-corrected chi connectivity index (χ0v) is 15.1. The van der Waals surface area contributed by atoms with Crippen LogP contribution in [0.15, 0.2) is 24.3 Å². The third-order valence-corrected chi connectivity index (χ3v) is 4.59. The second-order valence-electron chi connectivity index (χ2n) is 8.09. The number of rotatable bonds is 3. The van der Waals surface area contributed by atoms with E-state index in [9.17, 15) is 9.90 Å². The normalized spacial score (nSPS) is 16.6. The summed E-state index contributed by atoms with van der Waals surface area (Å²) in [5, 5.41) is 9.39. The molecule has 1 aliphatic heterocycles. The Bertz CT molecular complexity index is 553. The number of amides is 1. The molecule has 0 aromatic heterocycles. The molecule has 1 fully saturated rings. The Labute approximate surface area is 140 Å². The standard InChI is InChI=1S/C19H30N2O2/c1-18(2,3)15-8-6-7-9-16(15)20-10-12-21(13-11-20)17(23)19(4,5)14-22/h6-9,22H,10-14H2,1-5H3. The van der Waals surface area contributed by atoms with Crippen molar-refractivity contribution >= 4 is 11.6 Å². The molecule has 4 heteroatoms. The van der Waals surface area contributed by atoms with Crippen molar-refractivity contribution in [1.82, 2.24) is 4.90 Å². The smallest absolute Gasteiger partial charge is 0.230 e. The van der Waals surface area contributed by atoms with E-state index in [0.29, 0.717) is 13.1 Å². The predicted molar refractivity (Wildman–Crippen MR) is 94.8 cm³/mol. The molecule has 23 heavy (non-hydrogen) atoms. The van der Waals surface area contributed by atoms with E-state index in [1.807, 2.05) is 4.90 Å². The Hall–Kier alpha value is -1.55. The van der Waals surface area contributed by atoms with Crippen LogP contribution in [0.4, 0.5) is 5.69 Å². The van der Waals surface area contributed by atoms with E-state index in [-0.39, 0.29) is 17.9 Å². The van der Waals surface area contributed by atoms with E-state index < -0.39 is 5.41 Å². The van der Waals surface area contributed by atoms with E-state index in [1.54, 1.807) is 13.8 Å². The van der Waals surface area contributed by atoms with Gasteiger partial charge >= 0.3 is 0 Å². The van der Waals surface area contributed by atoms with Crippen molar-refractivity contribution in [2.24, 2.45) is 5.41 Å². The number of para-hydroxylation sites is 1. The zero-order valence-electron chi connectivity index (χ0n) is 15.1. The molecule has 0 radical (unpaired) electrons. The average Bonchev–Trinajstić information content (AvgIpc) is 2.53. The molecule has 1 amide bonds. The Morgan fingerprint density at radius 1 is 1.04 bits per heavy atom. The molecule has 1 aromatic rings. The van der Waals surface area contributed by atoms with E-state index in [4.69, 9.17) is 0 Å². The van der Waals surface area contributed by atoms with E-state index in [2.05, 4.69) is 49.9 Å². The summed E-state index contributed by atoms with van der Waals surface area (Å²) in [5.41, 5.74) is 2.03. The number of anilines is 1. The van der Waals surface area contributed by atoms with Crippen LogP contribution < -0.4 is 4.90 Å². The molecular formula is C19H30N2O2. The van der Waals surface area contributed by atoms with E-state index in [0.717, 1.165) is 13.1 Å². The van der Waals surface area contributed by atoms with Gasteiger partial charge in [0.2, 0.25) is 5.91 Å². The fourth-order valence-electron chi connectivity index (χ4n) is 3.03. The zero-order chi connectivity index (χ0) is 17.3.